The Bertz CT molecular complexity index is 1350. The lowest BCUT2D eigenvalue weighted by Crippen LogP contribution is -2.36. The number of aryl methyl sites for hydroxylation is 2. The Hall–Kier alpha value is -3.06. The van der Waals surface area contributed by atoms with E-state index in [1.807, 2.05) is 26.1 Å². The average Bonchev–Trinajstić information content (AvgIpc) is 3.44. The van der Waals surface area contributed by atoms with Crippen molar-refractivity contribution in [2.75, 3.05) is 20.1 Å². The van der Waals surface area contributed by atoms with E-state index < -0.39 is 0 Å². The van der Waals surface area contributed by atoms with E-state index in [9.17, 15) is 9.59 Å². The molecule has 2 atom stereocenters. The van der Waals surface area contributed by atoms with Gasteiger partial charge in [-0.15, -0.1) is 0 Å². The zero-order valence-corrected chi connectivity index (χ0v) is 24.7. The van der Waals surface area contributed by atoms with Crippen LogP contribution in [-0.2, 0) is 16.0 Å². The Morgan fingerprint density at radius 1 is 1.15 bits per heavy atom. The number of pyridine rings is 1. The summed E-state index contributed by atoms with van der Waals surface area (Å²) in [6.07, 6.45) is 10.9. The van der Waals surface area contributed by atoms with Gasteiger partial charge in [0.1, 0.15) is 11.6 Å². The van der Waals surface area contributed by atoms with Gasteiger partial charge in [-0.3, -0.25) is 14.6 Å². The highest BCUT2D eigenvalue weighted by atomic mass is 16.2. The number of Topliss-reactive ketones (excluding diaryl/α,β-unsaturated/α-hetero) is 1. The lowest BCUT2D eigenvalue weighted by atomic mass is 9.91. The number of nitrogens with one attached hydrogen (secondary N) is 2. The second kappa shape index (κ2) is 12.2. The number of nitrogens with zero attached hydrogens (tertiary/aromatic N) is 3. The van der Waals surface area contributed by atoms with E-state index in [-0.39, 0.29) is 23.3 Å². The second-order valence-corrected chi connectivity index (χ2v) is 12.2. The molecule has 7 heteroatoms. The third-order valence-electron chi connectivity index (χ3n) is 9.30. The molecule has 2 aliphatic rings. The molecule has 1 saturated heterocycles. The molecule has 1 aliphatic carbocycles. The number of fused-ring (bicyclic) bond motifs is 1. The Kier molecular flexibility index (Phi) is 8.69. The van der Waals surface area contributed by atoms with Gasteiger partial charge >= 0.3 is 0 Å². The summed E-state index contributed by atoms with van der Waals surface area (Å²) in [6, 6.07) is 8.39. The quantitative estimate of drug-likeness (QED) is 0.261. The number of likely N-dealkylation sites (tertiary alicyclic amines) is 1. The molecule has 1 aromatic carbocycles. The maximum absolute atomic E-state index is 13.5. The van der Waals surface area contributed by atoms with Crippen LogP contribution < -0.4 is 5.32 Å². The Labute approximate surface area is 238 Å². The van der Waals surface area contributed by atoms with Crippen LogP contribution in [0.4, 0.5) is 0 Å². The molecule has 3 heterocycles. The number of ketones is 1. The first-order valence-electron chi connectivity index (χ1n) is 15.3. The topological polar surface area (TPSA) is 91.0 Å². The van der Waals surface area contributed by atoms with Crippen LogP contribution in [0.2, 0.25) is 0 Å². The zero-order valence-electron chi connectivity index (χ0n) is 24.7. The second-order valence-electron chi connectivity index (χ2n) is 12.2. The molecule has 5 rings (SSSR count). The van der Waals surface area contributed by atoms with Crippen molar-refractivity contribution >= 4 is 22.6 Å². The maximum atomic E-state index is 13.5. The minimum atomic E-state index is -0.165. The number of aromatic nitrogens is 3. The third kappa shape index (κ3) is 6.30. The maximum Gasteiger partial charge on any atom is 0.224 e. The number of unbranched alkanes of at least 4 members (excludes halogenated alkanes) is 2. The van der Waals surface area contributed by atoms with Crippen molar-refractivity contribution in [3.8, 4) is 11.3 Å². The van der Waals surface area contributed by atoms with Gasteiger partial charge in [-0.05, 0) is 94.8 Å². The van der Waals surface area contributed by atoms with Gasteiger partial charge in [-0.25, -0.2) is 4.98 Å². The molecule has 1 aliphatic heterocycles. The largest absolute Gasteiger partial charge is 0.346 e. The number of amides is 1. The lowest BCUT2D eigenvalue weighted by Gasteiger charge is -2.30. The zero-order chi connectivity index (χ0) is 28.3. The Morgan fingerprint density at radius 2 is 1.95 bits per heavy atom. The van der Waals surface area contributed by atoms with Gasteiger partial charge in [0.05, 0.1) is 23.4 Å². The van der Waals surface area contributed by atoms with Crippen LogP contribution in [0, 0.1) is 18.3 Å². The predicted molar refractivity (Wildman–Crippen MR) is 160 cm³/mol. The summed E-state index contributed by atoms with van der Waals surface area (Å²) < 4.78 is 0. The fourth-order valence-electron chi connectivity index (χ4n) is 6.42. The minimum Gasteiger partial charge on any atom is -0.346 e. The van der Waals surface area contributed by atoms with Crippen LogP contribution in [0.25, 0.3) is 22.2 Å². The van der Waals surface area contributed by atoms with E-state index in [0.717, 1.165) is 98.1 Å². The molecule has 1 saturated carbocycles. The highest BCUT2D eigenvalue weighted by Crippen LogP contribution is 2.59. The van der Waals surface area contributed by atoms with Crippen molar-refractivity contribution in [3.63, 3.8) is 0 Å². The number of hydrogen-bond donors (Lipinski definition) is 2. The number of rotatable bonds is 12. The number of imidazole rings is 1. The fraction of sp³-hybridized carbons (Fsp3) is 0.576. The number of hydrogen-bond acceptors (Lipinski definition) is 5. The summed E-state index contributed by atoms with van der Waals surface area (Å²) in [7, 11) is 2.17. The molecule has 2 N–H and O–H groups in total. The first-order valence-corrected chi connectivity index (χ1v) is 15.3. The molecule has 3 aromatic rings. The molecule has 1 unspecified atom stereocenters. The Balaban J connectivity index is 1.33. The smallest absolute Gasteiger partial charge is 0.224 e. The standard InChI is InChI=1S/C33H45N5O2/c1-5-23-19-29-24(13-12-22(3)35-29)18-26(23)30-21-34-31(36-30)28(11-9-7-8-10-25(39)6-2)37-32(40)27-20-33(27)14-16-38(4)17-15-33/h12-13,18-19,21,27-28H,5-11,14-17,20H2,1-4H3,(H,34,36)(H,37,40)/t27?,28-/m0/s1. The van der Waals surface area contributed by atoms with Crippen molar-refractivity contribution in [2.45, 2.75) is 91.0 Å². The molecule has 214 valence electrons. The molecule has 2 fully saturated rings. The molecule has 1 amide bonds. The van der Waals surface area contributed by atoms with E-state index >= 15 is 0 Å². The number of benzene rings is 1. The van der Waals surface area contributed by atoms with Gasteiger partial charge in [0.25, 0.3) is 0 Å². The van der Waals surface area contributed by atoms with E-state index in [2.05, 4.69) is 47.4 Å². The summed E-state index contributed by atoms with van der Waals surface area (Å²) in [5, 5.41) is 4.50. The number of H-pyrrole nitrogens is 1. The van der Waals surface area contributed by atoms with Gasteiger partial charge in [0.2, 0.25) is 5.91 Å². The molecule has 2 aromatic heterocycles. The molecular weight excluding hydrogens is 498 g/mol. The average molecular weight is 544 g/mol. The van der Waals surface area contributed by atoms with E-state index in [0.29, 0.717) is 18.6 Å². The fourth-order valence-corrected chi connectivity index (χ4v) is 6.42. The Morgan fingerprint density at radius 3 is 2.70 bits per heavy atom. The number of aromatic amines is 1. The van der Waals surface area contributed by atoms with Crippen LogP contribution in [0.3, 0.4) is 0 Å². The molecule has 1 spiro atoms. The van der Waals surface area contributed by atoms with Gasteiger partial charge in [-0.2, -0.15) is 0 Å². The summed E-state index contributed by atoms with van der Waals surface area (Å²) in [4.78, 5) is 40.7. The van der Waals surface area contributed by atoms with Gasteiger partial charge in [0.15, 0.2) is 0 Å². The SMILES string of the molecule is CCC(=O)CCCCC[C@H](NC(=O)C1CC12CCN(C)CC2)c1ncc(-c2cc3ccc(C)nc3cc2CC)[nH]1. The van der Waals surface area contributed by atoms with Crippen molar-refractivity contribution in [2.24, 2.45) is 11.3 Å². The highest BCUT2D eigenvalue weighted by Gasteiger charge is 2.58. The summed E-state index contributed by atoms with van der Waals surface area (Å²) in [6.45, 7) is 8.26. The number of carbonyl (C=O) groups is 2. The molecule has 0 radical (unpaired) electrons. The van der Waals surface area contributed by atoms with Gasteiger partial charge < -0.3 is 15.2 Å². The first-order chi connectivity index (χ1) is 19.3. The first kappa shape index (κ1) is 28.5. The van der Waals surface area contributed by atoms with Gasteiger partial charge in [0, 0.05) is 35.4 Å². The van der Waals surface area contributed by atoms with E-state index in [1.165, 1.54) is 5.56 Å². The lowest BCUT2D eigenvalue weighted by molar-refractivity contribution is -0.124. The third-order valence-corrected chi connectivity index (χ3v) is 9.30. The summed E-state index contributed by atoms with van der Waals surface area (Å²) >= 11 is 0. The van der Waals surface area contributed by atoms with Crippen molar-refractivity contribution in [1.82, 2.24) is 25.2 Å². The highest BCUT2D eigenvalue weighted by molar-refractivity contribution is 5.86. The van der Waals surface area contributed by atoms with Gasteiger partial charge in [-0.1, -0.05) is 32.8 Å². The number of carbonyl (C=O) groups excluding carboxylic acids is 2. The molecule has 0 bridgehead atoms. The monoisotopic (exact) mass is 543 g/mol. The molecule has 40 heavy (non-hydrogen) atoms. The van der Waals surface area contributed by atoms with Crippen LogP contribution in [0.1, 0.15) is 94.8 Å². The molecular formula is C33H45N5O2. The van der Waals surface area contributed by atoms with Crippen molar-refractivity contribution in [3.05, 3.63) is 47.5 Å². The normalized spacial score (nSPS) is 19.1. The van der Waals surface area contributed by atoms with Crippen LogP contribution in [0.5, 0.6) is 0 Å². The van der Waals surface area contributed by atoms with Crippen molar-refractivity contribution < 1.29 is 9.59 Å². The summed E-state index contributed by atoms with van der Waals surface area (Å²) in [5.74, 6) is 1.43. The summed E-state index contributed by atoms with van der Waals surface area (Å²) in [5.41, 5.74) is 5.56. The minimum absolute atomic E-state index is 0.114. The van der Waals surface area contributed by atoms with Crippen LogP contribution in [-0.4, -0.2) is 51.7 Å². The number of piperidine rings is 1. The van der Waals surface area contributed by atoms with Crippen LogP contribution in [0.15, 0.2) is 30.5 Å². The van der Waals surface area contributed by atoms with Crippen molar-refractivity contribution in [1.29, 1.82) is 0 Å². The van der Waals surface area contributed by atoms with E-state index in [1.54, 1.807) is 0 Å². The molecule has 7 nitrogen and oxygen atoms in total. The van der Waals surface area contributed by atoms with E-state index in [4.69, 9.17) is 9.97 Å². The van der Waals surface area contributed by atoms with Crippen LogP contribution >= 0.6 is 0 Å². The predicted octanol–water partition coefficient (Wildman–Crippen LogP) is 6.31.